The molecule has 1 unspecified atom stereocenters. The predicted octanol–water partition coefficient (Wildman–Crippen LogP) is 2.06. The van der Waals surface area contributed by atoms with Gasteiger partial charge in [-0.2, -0.15) is 0 Å². The van der Waals surface area contributed by atoms with Gasteiger partial charge in [-0.3, -0.25) is 4.79 Å². The van der Waals surface area contributed by atoms with E-state index in [9.17, 15) is 4.79 Å². The fourth-order valence-electron chi connectivity index (χ4n) is 1.58. The maximum Gasteiger partial charge on any atom is 0.241 e. The summed E-state index contributed by atoms with van der Waals surface area (Å²) in [7, 11) is 3.96. The Kier molecular flexibility index (Phi) is 5.16. The molecule has 0 aliphatic rings. The Morgan fingerprint density at radius 1 is 1.33 bits per heavy atom. The van der Waals surface area contributed by atoms with Gasteiger partial charge in [0.2, 0.25) is 5.91 Å². The first-order valence-corrected chi connectivity index (χ1v) is 6.29. The number of rotatable bonds is 5. The largest absolute Gasteiger partial charge is 0.378 e. The van der Waals surface area contributed by atoms with E-state index >= 15 is 0 Å². The summed E-state index contributed by atoms with van der Waals surface area (Å²) in [6.07, 6.45) is 0.897. The van der Waals surface area contributed by atoms with Gasteiger partial charge in [-0.15, -0.1) is 0 Å². The Morgan fingerprint density at radius 3 is 2.33 bits per heavy atom. The maximum absolute atomic E-state index is 11.9. The van der Waals surface area contributed by atoms with Crippen molar-refractivity contribution in [3.63, 3.8) is 0 Å². The summed E-state index contributed by atoms with van der Waals surface area (Å²) in [4.78, 5) is 13.9. The first-order valence-electron chi connectivity index (χ1n) is 6.29. The van der Waals surface area contributed by atoms with Gasteiger partial charge in [-0.05, 0) is 30.2 Å². The molecule has 0 heterocycles. The van der Waals surface area contributed by atoms with Crippen molar-refractivity contribution in [3.05, 3.63) is 24.3 Å². The Labute approximate surface area is 109 Å². The van der Waals surface area contributed by atoms with Crippen LogP contribution in [-0.2, 0) is 4.79 Å². The van der Waals surface area contributed by atoms with Gasteiger partial charge in [0, 0.05) is 25.5 Å². The van der Waals surface area contributed by atoms with Crippen LogP contribution in [0.3, 0.4) is 0 Å². The second-order valence-electron chi connectivity index (χ2n) is 4.84. The normalized spacial score (nSPS) is 13.8. The van der Waals surface area contributed by atoms with Crippen LogP contribution in [0.4, 0.5) is 11.4 Å². The monoisotopic (exact) mass is 249 g/mol. The molecule has 1 aromatic carbocycles. The van der Waals surface area contributed by atoms with Gasteiger partial charge in [0.15, 0.2) is 0 Å². The Bertz CT molecular complexity index is 387. The van der Waals surface area contributed by atoms with Crippen LogP contribution in [0.15, 0.2) is 24.3 Å². The molecule has 0 aliphatic heterocycles. The zero-order valence-corrected chi connectivity index (χ0v) is 11.6. The summed E-state index contributed by atoms with van der Waals surface area (Å²) < 4.78 is 0. The van der Waals surface area contributed by atoms with Crippen LogP contribution >= 0.6 is 0 Å². The predicted molar refractivity (Wildman–Crippen MR) is 76.8 cm³/mol. The zero-order chi connectivity index (χ0) is 13.7. The van der Waals surface area contributed by atoms with Gasteiger partial charge in [0.25, 0.3) is 0 Å². The molecule has 1 aromatic rings. The summed E-state index contributed by atoms with van der Waals surface area (Å²) in [5, 5.41) is 2.84. The van der Waals surface area contributed by atoms with E-state index in [1.54, 1.807) is 0 Å². The molecule has 18 heavy (non-hydrogen) atoms. The molecule has 0 saturated heterocycles. The van der Waals surface area contributed by atoms with Crippen molar-refractivity contribution in [2.45, 2.75) is 26.3 Å². The molecule has 4 heteroatoms. The van der Waals surface area contributed by atoms with Crippen molar-refractivity contribution in [2.75, 3.05) is 24.3 Å². The van der Waals surface area contributed by atoms with E-state index in [0.717, 1.165) is 17.8 Å². The number of hydrogen-bond donors (Lipinski definition) is 2. The smallest absolute Gasteiger partial charge is 0.241 e. The molecule has 0 aromatic heterocycles. The Hall–Kier alpha value is -1.55. The zero-order valence-electron chi connectivity index (χ0n) is 11.6. The number of anilines is 2. The fourth-order valence-corrected chi connectivity index (χ4v) is 1.58. The topological polar surface area (TPSA) is 58.4 Å². The van der Waals surface area contributed by atoms with Crippen LogP contribution in [0.1, 0.15) is 20.3 Å². The van der Waals surface area contributed by atoms with Crippen LogP contribution in [0.5, 0.6) is 0 Å². The number of hydrogen-bond acceptors (Lipinski definition) is 3. The third kappa shape index (κ3) is 3.74. The summed E-state index contributed by atoms with van der Waals surface area (Å²) in [5.41, 5.74) is 7.76. The summed E-state index contributed by atoms with van der Waals surface area (Å²) in [6.45, 7) is 4.02. The molecule has 3 N–H and O–H groups in total. The highest BCUT2D eigenvalue weighted by Crippen LogP contribution is 2.16. The number of nitrogens with two attached hydrogens (primary N) is 1. The third-order valence-corrected chi connectivity index (χ3v) is 3.21. The van der Waals surface area contributed by atoms with Crippen LogP contribution in [0.2, 0.25) is 0 Å². The Balaban J connectivity index is 2.65. The standard InChI is InChI=1S/C14H23N3O/c1-5-10(2)13(15)14(18)16-11-6-8-12(9-7-11)17(3)4/h6-10,13H,5,15H2,1-4H3,(H,16,18)/t10?,13-/m0/s1. The quantitative estimate of drug-likeness (QED) is 0.840. The van der Waals surface area contributed by atoms with Crippen molar-refractivity contribution >= 4 is 17.3 Å². The average Bonchev–Trinajstić information content (AvgIpc) is 2.37. The molecule has 0 radical (unpaired) electrons. The molecule has 4 nitrogen and oxygen atoms in total. The molecule has 0 fully saturated rings. The van der Waals surface area contributed by atoms with Crippen LogP contribution in [-0.4, -0.2) is 26.0 Å². The molecule has 100 valence electrons. The molecule has 0 saturated carbocycles. The minimum absolute atomic E-state index is 0.123. The number of amides is 1. The van der Waals surface area contributed by atoms with Gasteiger partial charge in [0.1, 0.15) is 0 Å². The first kappa shape index (κ1) is 14.5. The lowest BCUT2D eigenvalue weighted by Crippen LogP contribution is -2.40. The highest BCUT2D eigenvalue weighted by Gasteiger charge is 2.19. The lowest BCUT2D eigenvalue weighted by Gasteiger charge is -2.18. The van der Waals surface area contributed by atoms with Crippen molar-refractivity contribution in [1.82, 2.24) is 0 Å². The van der Waals surface area contributed by atoms with E-state index in [1.807, 2.05) is 57.1 Å². The highest BCUT2D eigenvalue weighted by molar-refractivity contribution is 5.95. The van der Waals surface area contributed by atoms with Crippen molar-refractivity contribution in [2.24, 2.45) is 11.7 Å². The van der Waals surface area contributed by atoms with E-state index in [-0.39, 0.29) is 11.8 Å². The highest BCUT2D eigenvalue weighted by atomic mass is 16.2. The second kappa shape index (κ2) is 6.40. The number of carbonyl (C=O) groups is 1. The molecule has 2 atom stereocenters. The molecule has 0 bridgehead atoms. The van der Waals surface area contributed by atoms with Crippen molar-refractivity contribution in [1.29, 1.82) is 0 Å². The van der Waals surface area contributed by atoms with Crippen molar-refractivity contribution < 1.29 is 4.79 Å². The van der Waals surface area contributed by atoms with Crippen LogP contribution in [0.25, 0.3) is 0 Å². The minimum atomic E-state index is -0.455. The Morgan fingerprint density at radius 2 is 1.89 bits per heavy atom. The third-order valence-electron chi connectivity index (χ3n) is 3.21. The summed E-state index contributed by atoms with van der Waals surface area (Å²) >= 11 is 0. The molecule has 0 aliphatic carbocycles. The molecular formula is C14H23N3O. The van der Waals surface area contributed by atoms with Crippen LogP contribution < -0.4 is 16.0 Å². The van der Waals surface area contributed by atoms with E-state index < -0.39 is 6.04 Å². The fraction of sp³-hybridized carbons (Fsp3) is 0.500. The van der Waals surface area contributed by atoms with Crippen molar-refractivity contribution in [3.8, 4) is 0 Å². The van der Waals surface area contributed by atoms with Gasteiger partial charge < -0.3 is 16.0 Å². The summed E-state index contributed by atoms with van der Waals surface area (Å²) in [5.74, 6) is 0.0630. The number of nitrogens with zero attached hydrogens (tertiary/aromatic N) is 1. The van der Waals surface area contributed by atoms with Gasteiger partial charge in [-0.1, -0.05) is 20.3 Å². The van der Waals surface area contributed by atoms with Gasteiger partial charge >= 0.3 is 0 Å². The SMILES string of the molecule is CCC(C)[C@H](N)C(=O)Nc1ccc(N(C)C)cc1. The number of carbonyl (C=O) groups excluding carboxylic acids is 1. The molecule has 1 amide bonds. The van der Waals surface area contributed by atoms with E-state index in [1.165, 1.54) is 0 Å². The van der Waals surface area contributed by atoms with Gasteiger partial charge in [-0.25, -0.2) is 0 Å². The van der Waals surface area contributed by atoms with Crippen LogP contribution in [0, 0.1) is 5.92 Å². The lowest BCUT2D eigenvalue weighted by molar-refractivity contribution is -0.118. The average molecular weight is 249 g/mol. The van der Waals surface area contributed by atoms with E-state index in [2.05, 4.69) is 5.32 Å². The van der Waals surface area contributed by atoms with Gasteiger partial charge in [0.05, 0.1) is 6.04 Å². The van der Waals surface area contributed by atoms with E-state index in [4.69, 9.17) is 5.73 Å². The number of benzene rings is 1. The molecule has 0 spiro atoms. The number of nitrogens with one attached hydrogen (secondary N) is 1. The lowest BCUT2D eigenvalue weighted by atomic mass is 9.99. The molecular weight excluding hydrogens is 226 g/mol. The minimum Gasteiger partial charge on any atom is -0.378 e. The molecule has 1 rings (SSSR count). The summed E-state index contributed by atoms with van der Waals surface area (Å²) in [6, 6.07) is 7.24. The maximum atomic E-state index is 11.9. The van der Waals surface area contributed by atoms with E-state index in [0.29, 0.717) is 0 Å². The first-order chi connectivity index (χ1) is 8.45. The second-order valence-corrected chi connectivity index (χ2v) is 4.84.